The number of hydrogen-bond donors (Lipinski definition) is 0. The average Bonchev–Trinajstić information content (AvgIpc) is 3.13. The van der Waals surface area contributed by atoms with Gasteiger partial charge in [0.05, 0.1) is 0 Å². The van der Waals surface area contributed by atoms with Crippen molar-refractivity contribution in [2.45, 2.75) is 23.8 Å². The van der Waals surface area contributed by atoms with Crippen LogP contribution in [0.15, 0.2) is 23.1 Å². The molecule has 0 atom stereocenters. The summed E-state index contributed by atoms with van der Waals surface area (Å²) in [5, 5.41) is 0. The van der Waals surface area contributed by atoms with Crippen LogP contribution in [-0.4, -0.2) is 31.2 Å². The number of hydrogen-bond acceptors (Lipinski definition) is 2. The normalized spacial score (nSPS) is 16.2. The molecule has 0 bridgehead atoms. The quantitative estimate of drug-likeness (QED) is 0.782. The summed E-state index contributed by atoms with van der Waals surface area (Å²) in [5.41, 5.74) is 0. The highest BCUT2D eigenvalue weighted by Gasteiger charge is 2.38. The van der Waals surface area contributed by atoms with Crippen molar-refractivity contribution in [3.63, 3.8) is 0 Å². The van der Waals surface area contributed by atoms with Gasteiger partial charge in [-0.15, -0.1) is 11.6 Å². The first-order valence-electron chi connectivity index (χ1n) is 5.49. The number of alkyl halides is 1. The zero-order valence-corrected chi connectivity index (χ0v) is 11.0. The van der Waals surface area contributed by atoms with Crippen LogP contribution in [0.3, 0.4) is 0 Å². The van der Waals surface area contributed by atoms with Crippen LogP contribution < -0.4 is 0 Å². The van der Waals surface area contributed by atoms with E-state index in [1.807, 2.05) is 0 Å². The molecule has 2 rings (SSSR count). The van der Waals surface area contributed by atoms with Crippen molar-refractivity contribution < 1.29 is 17.2 Å². The van der Waals surface area contributed by atoms with Crippen molar-refractivity contribution in [1.29, 1.82) is 0 Å². The fourth-order valence-corrected chi connectivity index (χ4v) is 3.79. The van der Waals surface area contributed by atoms with Gasteiger partial charge in [0.15, 0.2) is 0 Å². The third-order valence-corrected chi connectivity index (χ3v) is 4.87. The van der Waals surface area contributed by atoms with Crippen molar-refractivity contribution in [2.75, 3.05) is 12.4 Å². The summed E-state index contributed by atoms with van der Waals surface area (Å²) in [5.74, 6) is -1.61. The van der Waals surface area contributed by atoms with Crippen molar-refractivity contribution in [1.82, 2.24) is 4.31 Å². The lowest BCUT2D eigenvalue weighted by Gasteiger charge is -2.21. The van der Waals surface area contributed by atoms with Gasteiger partial charge < -0.3 is 0 Å². The fraction of sp³-hybridized carbons (Fsp3) is 0.455. The molecule has 7 heteroatoms. The summed E-state index contributed by atoms with van der Waals surface area (Å²) >= 11 is 5.56. The molecule has 0 spiro atoms. The standard InChI is InChI=1S/C11H12ClF2NO2S/c12-5-6-15(9-2-3-9)18(16,17)11-7-8(13)1-4-10(11)14/h1,4,7,9H,2-3,5-6H2. The molecule has 0 radical (unpaired) electrons. The van der Waals surface area contributed by atoms with Crippen LogP contribution >= 0.6 is 11.6 Å². The van der Waals surface area contributed by atoms with E-state index in [0.29, 0.717) is 6.07 Å². The number of sulfonamides is 1. The highest BCUT2D eigenvalue weighted by Crippen LogP contribution is 2.32. The third-order valence-electron chi connectivity index (χ3n) is 2.74. The van der Waals surface area contributed by atoms with Crippen LogP contribution in [0.4, 0.5) is 8.78 Å². The van der Waals surface area contributed by atoms with Gasteiger partial charge in [-0.1, -0.05) is 0 Å². The van der Waals surface area contributed by atoms with E-state index in [0.717, 1.165) is 29.3 Å². The third kappa shape index (κ3) is 2.65. The zero-order chi connectivity index (χ0) is 13.3. The fourth-order valence-electron chi connectivity index (χ4n) is 1.75. The van der Waals surface area contributed by atoms with Crippen molar-refractivity contribution >= 4 is 21.6 Å². The lowest BCUT2D eigenvalue weighted by Crippen LogP contribution is -2.35. The highest BCUT2D eigenvalue weighted by molar-refractivity contribution is 7.89. The van der Waals surface area contributed by atoms with Gasteiger partial charge in [0.25, 0.3) is 0 Å². The van der Waals surface area contributed by atoms with Crippen molar-refractivity contribution in [2.24, 2.45) is 0 Å². The summed E-state index contributed by atoms with van der Waals surface area (Å²) < 4.78 is 52.2. The van der Waals surface area contributed by atoms with E-state index in [4.69, 9.17) is 11.6 Å². The van der Waals surface area contributed by atoms with Gasteiger partial charge in [0.1, 0.15) is 16.5 Å². The summed E-state index contributed by atoms with van der Waals surface area (Å²) in [6.45, 7) is 0.102. The van der Waals surface area contributed by atoms with Gasteiger partial charge >= 0.3 is 0 Å². The topological polar surface area (TPSA) is 37.4 Å². The predicted molar refractivity (Wildman–Crippen MR) is 64.0 cm³/mol. The Morgan fingerprint density at radius 2 is 2.00 bits per heavy atom. The summed E-state index contributed by atoms with van der Waals surface area (Å²) in [6.07, 6.45) is 1.46. The van der Waals surface area contributed by atoms with Gasteiger partial charge in [-0.3, -0.25) is 0 Å². The molecule has 1 aromatic carbocycles. The molecule has 1 saturated carbocycles. The molecule has 0 unspecified atom stereocenters. The minimum absolute atomic E-state index is 0.102. The first kappa shape index (κ1) is 13.7. The maximum atomic E-state index is 13.5. The van der Waals surface area contributed by atoms with Crippen LogP contribution in [0, 0.1) is 11.6 Å². The monoisotopic (exact) mass is 295 g/mol. The Morgan fingerprint density at radius 1 is 1.33 bits per heavy atom. The van der Waals surface area contributed by atoms with E-state index >= 15 is 0 Å². The van der Waals surface area contributed by atoms with Crippen LogP contribution in [-0.2, 0) is 10.0 Å². The highest BCUT2D eigenvalue weighted by atomic mass is 35.5. The minimum atomic E-state index is -4.02. The van der Waals surface area contributed by atoms with Gasteiger partial charge in [-0.25, -0.2) is 17.2 Å². The first-order chi connectivity index (χ1) is 8.46. The van der Waals surface area contributed by atoms with Crippen molar-refractivity contribution in [3.05, 3.63) is 29.8 Å². The maximum absolute atomic E-state index is 13.5. The minimum Gasteiger partial charge on any atom is -0.207 e. The first-order valence-corrected chi connectivity index (χ1v) is 7.47. The Balaban J connectivity index is 2.42. The van der Waals surface area contributed by atoms with E-state index in [-0.39, 0.29) is 18.5 Å². The number of rotatable bonds is 5. The number of benzene rings is 1. The van der Waals surface area contributed by atoms with Gasteiger partial charge in [-0.2, -0.15) is 4.31 Å². The lowest BCUT2D eigenvalue weighted by molar-refractivity contribution is 0.417. The second-order valence-electron chi connectivity index (χ2n) is 4.11. The number of nitrogens with zero attached hydrogens (tertiary/aromatic N) is 1. The van der Waals surface area contributed by atoms with Gasteiger partial charge in [0.2, 0.25) is 10.0 Å². The van der Waals surface area contributed by atoms with Crippen LogP contribution in [0.5, 0.6) is 0 Å². The molecule has 18 heavy (non-hydrogen) atoms. The van der Waals surface area contributed by atoms with E-state index in [1.165, 1.54) is 0 Å². The molecular weight excluding hydrogens is 284 g/mol. The molecule has 0 aromatic heterocycles. The molecule has 0 saturated heterocycles. The van der Waals surface area contributed by atoms with Gasteiger partial charge in [0, 0.05) is 18.5 Å². The maximum Gasteiger partial charge on any atom is 0.246 e. The molecule has 1 aromatic rings. The summed E-state index contributed by atoms with van der Waals surface area (Å²) in [4.78, 5) is -0.625. The van der Waals surface area contributed by atoms with Crippen LogP contribution in [0.2, 0.25) is 0 Å². The summed E-state index contributed by atoms with van der Waals surface area (Å²) in [7, 11) is -4.02. The molecule has 0 amide bonds. The van der Waals surface area contributed by atoms with E-state index in [2.05, 4.69) is 0 Å². The molecule has 100 valence electrons. The second-order valence-corrected chi connectivity index (χ2v) is 6.35. The van der Waals surface area contributed by atoms with E-state index in [1.54, 1.807) is 0 Å². The second kappa shape index (κ2) is 5.11. The Labute approximate surface area is 109 Å². The predicted octanol–water partition coefficient (Wildman–Crippen LogP) is 2.36. The molecule has 0 N–H and O–H groups in total. The van der Waals surface area contributed by atoms with Crippen LogP contribution in [0.1, 0.15) is 12.8 Å². The zero-order valence-electron chi connectivity index (χ0n) is 9.44. The molecular formula is C11H12ClF2NO2S. The Hall–Kier alpha value is -0.720. The smallest absolute Gasteiger partial charge is 0.207 e. The molecule has 0 aliphatic heterocycles. The Morgan fingerprint density at radius 3 is 2.56 bits per heavy atom. The summed E-state index contributed by atoms with van der Waals surface area (Å²) in [6, 6.07) is 2.26. The molecule has 1 aliphatic carbocycles. The van der Waals surface area contributed by atoms with Crippen LogP contribution in [0.25, 0.3) is 0 Å². The number of halogens is 3. The Kier molecular flexibility index (Phi) is 3.89. The molecule has 1 fully saturated rings. The molecule has 0 heterocycles. The molecule has 3 nitrogen and oxygen atoms in total. The van der Waals surface area contributed by atoms with E-state index in [9.17, 15) is 17.2 Å². The average molecular weight is 296 g/mol. The SMILES string of the molecule is O=S(=O)(c1cc(F)ccc1F)N(CCCl)C1CC1. The Bertz CT molecular complexity index is 546. The van der Waals surface area contributed by atoms with Crippen molar-refractivity contribution in [3.8, 4) is 0 Å². The lowest BCUT2D eigenvalue weighted by atomic mass is 10.3. The largest absolute Gasteiger partial charge is 0.246 e. The van der Waals surface area contributed by atoms with Gasteiger partial charge in [-0.05, 0) is 31.0 Å². The molecule has 1 aliphatic rings. The van der Waals surface area contributed by atoms with E-state index < -0.39 is 26.6 Å².